The third-order valence-corrected chi connectivity index (χ3v) is 6.55. The molecule has 0 saturated heterocycles. The summed E-state index contributed by atoms with van der Waals surface area (Å²) in [7, 11) is 1.34. The van der Waals surface area contributed by atoms with Gasteiger partial charge in [-0.15, -0.1) is 0 Å². The van der Waals surface area contributed by atoms with Crippen LogP contribution in [0.1, 0.15) is 18.1 Å². The number of carbonyl (C=O) groups excluding carboxylic acids is 1. The first-order chi connectivity index (χ1) is 15.2. The van der Waals surface area contributed by atoms with Gasteiger partial charge in [0.2, 0.25) is 15.9 Å². The Morgan fingerprint density at radius 2 is 1.79 bits per heavy atom. The summed E-state index contributed by atoms with van der Waals surface area (Å²) in [6.45, 7) is 5.27. The van der Waals surface area contributed by atoms with Crippen LogP contribution in [0.4, 0.5) is 18.9 Å². The molecule has 0 bridgehead atoms. The predicted molar refractivity (Wildman–Crippen MR) is 119 cm³/mol. The molecule has 1 aromatic heterocycles. The lowest BCUT2D eigenvalue weighted by molar-refractivity contribution is -0.137. The van der Waals surface area contributed by atoms with E-state index in [4.69, 9.17) is 4.74 Å². The zero-order chi connectivity index (χ0) is 25.1. The molecule has 11 heteroatoms. The van der Waals surface area contributed by atoms with Gasteiger partial charge in [-0.2, -0.15) is 13.2 Å². The quantitative estimate of drug-likeness (QED) is 0.440. The largest absolute Gasteiger partial charge is 0.480 e. The smallest absolute Gasteiger partial charge is 0.418 e. The van der Waals surface area contributed by atoms with Crippen molar-refractivity contribution in [3.8, 4) is 5.88 Å². The molecular formula is C22H24F3N3O4S. The number of allylic oxidation sites excluding steroid dienone is 2. The Morgan fingerprint density at radius 1 is 1.18 bits per heavy atom. The lowest BCUT2D eigenvalue weighted by atomic mass is 10.1. The summed E-state index contributed by atoms with van der Waals surface area (Å²) >= 11 is 0. The molecule has 1 heterocycles. The van der Waals surface area contributed by atoms with Crippen molar-refractivity contribution in [3.63, 3.8) is 0 Å². The van der Waals surface area contributed by atoms with Crippen molar-refractivity contribution in [2.24, 2.45) is 0 Å². The molecule has 0 aliphatic rings. The van der Waals surface area contributed by atoms with Gasteiger partial charge in [0, 0.05) is 38.5 Å². The van der Waals surface area contributed by atoms with Crippen LogP contribution in [0.5, 0.6) is 5.88 Å². The monoisotopic (exact) mass is 483 g/mol. The number of alkyl halides is 3. The van der Waals surface area contributed by atoms with Crippen LogP contribution in [0, 0.1) is 0 Å². The second-order valence-electron chi connectivity index (χ2n) is 7.25. The average molecular weight is 484 g/mol. The number of hydrogen-bond acceptors (Lipinski definition) is 5. The molecule has 2 rings (SSSR count). The van der Waals surface area contributed by atoms with Gasteiger partial charge in [0.1, 0.15) is 4.90 Å². The molecular weight excluding hydrogens is 459 g/mol. The molecule has 0 spiro atoms. The van der Waals surface area contributed by atoms with Crippen molar-refractivity contribution in [2.45, 2.75) is 18.0 Å². The number of likely N-dealkylation sites (N-methyl/N-ethyl adjacent to an activating group) is 1. The van der Waals surface area contributed by atoms with Crippen molar-refractivity contribution in [2.75, 3.05) is 33.2 Å². The van der Waals surface area contributed by atoms with Gasteiger partial charge in [0.15, 0.2) is 0 Å². The fourth-order valence-corrected chi connectivity index (χ4v) is 3.95. The average Bonchev–Trinajstić information content (AvgIpc) is 2.76. The van der Waals surface area contributed by atoms with Gasteiger partial charge >= 0.3 is 6.18 Å². The van der Waals surface area contributed by atoms with Crippen molar-refractivity contribution >= 4 is 27.2 Å². The minimum absolute atomic E-state index is 0.0901. The number of ether oxygens (including phenoxy) is 1. The number of carbonyl (C=O) groups is 1. The number of nitrogens with zero attached hydrogens (tertiary/aromatic N) is 3. The van der Waals surface area contributed by atoms with Gasteiger partial charge in [-0.1, -0.05) is 18.7 Å². The highest BCUT2D eigenvalue weighted by Crippen LogP contribution is 2.36. The third kappa shape index (κ3) is 5.60. The van der Waals surface area contributed by atoms with Crippen molar-refractivity contribution < 1.29 is 31.1 Å². The zero-order valence-electron chi connectivity index (χ0n) is 18.8. The number of sulfonamides is 1. The number of hydrogen-bond donors (Lipinski definition) is 0. The van der Waals surface area contributed by atoms with Gasteiger partial charge < -0.3 is 9.64 Å². The van der Waals surface area contributed by atoms with Crippen LogP contribution in [0.3, 0.4) is 0 Å². The molecule has 0 unspecified atom stereocenters. The Bertz CT molecular complexity index is 1210. The van der Waals surface area contributed by atoms with Crippen LogP contribution in [-0.2, 0) is 21.0 Å². The lowest BCUT2D eigenvalue weighted by Crippen LogP contribution is -2.29. The van der Waals surface area contributed by atoms with E-state index in [9.17, 15) is 26.4 Å². The second-order valence-corrected chi connectivity index (χ2v) is 9.37. The Labute approximate surface area is 190 Å². The summed E-state index contributed by atoms with van der Waals surface area (Å²) in [6, 6.07) is 6.05. The first-order valence-electron chi connectivity index (χ1n) is 9.50. The minimum Gasteiger partial charge on any atom is -0.480 e. The van der Waals surface area contributed by atoms with E-state index in [0.29, 0.717) is 5.56 Å². The first kappa shape index (κ1) is 26.1. The summed E-state index contributed by atoms with van der Waals surface area (Å²) in [4.78, 5) is 17.5. The summed E-state index contributed by atoms with van der Waals surface area (Å²) in [5.74, 6) is -0.795. The van der Waals surface area contributed by atoms with Gasteiger partial charge in [-0.05, 0) is 36.8 Å². The van der Waals surface area contributed by atoms with E-state index in [1.165, 1.54) is 71.7 Å². The van der Waals surface area contributed by atoms with E-state index in [-0.39, 0.29) is 27.6 Å². The second kappa shape index (κ2) is 9.75. The molecule has 0 aliphatic heterocycles. The van der Waals surface area contributed by atoms with Crippen LogP contribution >= 0.6 is 0 Å². The van der Waals surface area contributed by atoms with Crippen LogP contribution in [0.2, 0.25) is 0 Å². The molecule has 0 N–H and O–H groups in total. The Balaban J connectivity index is 2.41. The normalized spacial score (nSPS) is 12.6. The minimum atomic E-state index is -4.63. The molecule has 1 amide bonds. The van der Waals surface area contributed by atoms with Gasteiger partial charge in [-0.25, -0.2) is 17.7 Å². The van der Waals surface area contributed by atoms with Gasteiger partial charge in [0.05, 0.1) is 18.4 Å². The highest BCUT2D eigenvalue weighted by atomic mass is 32.2. The molecule has 178 valence electrons. The highest BCUT2D eigenvalue weighted by molar-refractivity contribution is 7.89. The number of halogens is 3. The van der Waals surface area contributed by atoms with E-state index in [1.54, 1.807) is 0 Å². The molecule has 1 aromatic carbocycles. The number of rotatable bonds is 7. The van der Waals surface area contributed by atoms with E-state index >= 15 is 0 Å². The molecule has 0 atom stereocenters. The SMILES string of the molecule is C=C(C=C(C)C(=O)N(C)c1ccccc1C(F)(F)F)c1cnc(OC)c(S(=O)(=O)N(C)C)c1. The Hall–Kier alpha value is -3.18. The van der Waals surface area contributed by atoms with Crippen molar-refractivity contribution in [1.82, 2.24) is 9.29 Å². The standard InChI is InChI=1S/C22H24F3N3O4S/c1-14(16-12-19(20(32-6)26-13-16)33(30,31)27(3)4)11-15(2)21(29)28(5)18-10-8-7-9-17(18)22(23,24)25/h7-13H,1H2,2-6H3. The number of anilines is 1. The van der Waals surface area contributed by atoms with Crippen LogP contribution in [0.25, 0.3) is 5.57 Å². The number of para-hydroxylation sites is 1. The molecule has 0 saturated carbocycles. The van der Waals surface area contributed by atoms with Crippen LogP contribution < -0.4 is 9.64 Å². The fourth-order valence-electron chi connectivity index (χ4n) is 2.93. The van der Waals surface area contributed by atoms with Crippen LogP contribution in [0.15, 0.2) is 59.7 Å². The first-order valence-corrected chi connectivity index (χ1v) is 10.9. The summed E-state index contributed by atoms with van der Waals surface area (Å²) in [5.41, 5.74) is -0.609. The number of benzene rings is 1. The molecule has 7 nitrogen and oxygen atoms in total. The van der Waals surface area contributed by atoms with E-state index in [2.05, 4.69) is 11.6 Å². The highest BCUT2D eigenvalue weighted by Gasteiger charge is 2.35. The molecule has 0 aliphatic carbocycles. The molecule has 0 fully saturated rings. The van der Waals surface area contributed by atoms with Gasteiger partial charge in [0.25, 0.3) is 5.91 Å². The third-order valence-electron chi connectivity index (χ3n) is 4.74. The Morgan fingerprint density at radius 3 is 2.33 bits per heavy atom. The topological polar surface area (TPSA) is 79.8 Å². The maximum absolute atomic E-state index is 13.3. The van der Waals surface area contributed by atoms with E-state index in [1.807, 2.05) is 0 Å². The number of pyridine rings is 1. The number of amides is 1. The van der Waals surface area contributed by atoms with Crippen molar-refractivity contribution in [3.05, 3.63) is 65.9 Å². The van der Waals surface area contributed by atoms with Crippen molar-refractivity contribution in [1.29, 1.82) is 0 Å². The molecule has 33 heavy (non-hydrogen) atoms. The summed E-state index contributed by atoms with van der Waals surface area (Å²) < 4.78 is 71.2. The molecule has 0 radical (unpaired) electrons. The zero-order valence-corrected chi connectivity index (χ0v) is 19.6. The van der Waals surface area contributed by atoms with E-state index < -0.39 is 27.7 Å². The maximum Gasteiger partial charge on any atom is 0.418 e. The summed E-state index contributed by atoms with van der Waals surface area (Å²) in [6.07, 6.45) is -1.95. The number of methoxy groups -OCH3 is 1. The molecule has 2 aromatic rings. The Kier molecular flexibility index (Phi) is 7.71. The summed E-state index contributed by atoms with van der Waals surface area (Å²) in [5, 5.41) is 0. The predicted octanol–water partition coefficient (Wildman–Crippen LogP) is 3.98. The fraction of sp³-hybridized carbons (Fsp3) is 0.273. The van der Waals surface area contributed by atoms with Gasteiger partial charge in [-0.3, -0.25) is 4.79 Å². The maximum atomic E-state index is 13.3. The lowest BCUT2D eigenvalue weighted by Gasteiger charge is -2.22. The van der Waals surface area contributed by atoms with E-state index in [0.717, 1.165) is 15.3 Å². The van der Waals surface area contributed by atoms with Crippen LogP contribution in [-0.4, -0.2) is 51.9 Å². The number of aromatic nitrogens is 1.